The maximum atomic E-state index is 13.4. The SMILES string of the molecule is NC(O)COC(=O)NCCC1CCN(c2nccc3cc(F)ccc23)CC1. The van der Waals surface area contributed by atoms with Gasteiger partial charge in [0.05, 0.1) is 0 Å². The van der Waals surface area contributed by atoms with Crippen LogP contribution in [0.3, 0.4) is 0 Å². The molecule has 4 N–H and O–H groups in total. The molecule has 1 aromatic heterocycles. The molecule has 1 aliphatic heterocycles. The quantitative estimate of drug-likeness (QED) is 0.667. The molecule has 146 valence electrons. The highest BCUT2D eigenvalue weighted by Crippen LogP contribution is 2.29. The number of hydrogen-bond acceptors (Lipinski definition) is 6. The van der Waals surface area contributed by atoms with Crippen molar-refractivity contribution in [2.75, 3.05) is 31.1 Å². The number of rotatable bonds is 6. The van der Waals surface area contributed by atoms with Crippen molar-refractivity contribution in [1.82, 2.24) is 10.3 Å². The normalized spacial score (nSPS) is 16.3. The number of benzene rings is 1. The topological polar surface area (TPSA) is 101 Å². The molecule has 1 atom stereocenters. The minimum atomic E-state index is -1.15. The number of pyridine rings is 1. The smallest absolute Gasteiger partial charge is 0.407 e. The third-order valence-electron chi connectivity index (χ3n) is 4.83. The molecule has 2 heterocycles. The summed E-state index contributed by atoms with van der Waals surface area (Å²) in [6.45, 7) is 2.05. The van der Waals surface area contributed by atoms with Crippen molar-refractivity contribution in [3.8, 4) is 0 Å². The summed E-state index contributed by atoms with van der Waals surface area (Å²) in [4.78, 5) is 18.2. The second-order valence-corrected chi connectivity index (χ2v) is 6.81. The fraction of sp³-hybridized carbons (Fsp3) is 0.474. The number of halogens is 1. The van der Waals surface area contributed by atoms with Gasteiger partial charge in [-0.15, -0.1) is 0 Å². The van der Waals surface area contributed by atoms with E-state index in [9.17, 15) is 9.18 Å². The summed E-state index contributed by atoms with van der Waals surface area (Å²) in [5.41, 5.74) is 5.11. The molecule has 0 spiro atoms. The van der Waals surface area contributed by atoms with Gasteiger partial charge in [0.2, 0.25) is 0 Å². The van der Waals surface area contributed by atoms with Crippen LogP contribution in [0.15, 0.2) is 30.5 Å². The summed E-state index contributed by atoms with van der Waals surface area (Å²) in [7, 11) is 0. The van der Waals surface area contributed by atoms with Gasteiger partial charge in [-0.2, -0.15) is 0 Å². The molecule has 8 heteroatoms. The number of hydrogen-bond donors (Lipinski definition) is 3. The second-order valence-electron chi connectivity index (χ2n) is 6.81. The lowest BCUT2D eigenvalue weighted by atomic mass is 9.93. The van der Waals surface area contributed by atoms with Crippen LogP contribution in [0.25, 0.3) is 10.8 Å². The fourth-order valence-corrected chi connectivity index (χ4v) is 3.41. The Morgan fingerprint density at radius 1 is 1.41 bits per heavy atom. The van der Waals surface area contributed by atoms with E-state index in [-0.39, 0.29) is 12.4 Å². The van der Waals surface area contributed by atoms with E-state index >= 15 is 0 Å². The number of aliphatic hydroxyl groups is 1. The summed E-state index contributed by atoms with van der Waals surface area (Å²) in [5, 5.41) is 13.4. The minimum absolute atomic E-state index is 0.216. The Morgan fingerprint density at radius 3 is 2.93 bits per heavy atom. The van der Waals surface area contributed by atoms with E-state index in [1.54, 1.807) is 12.3 Å². The third kappa shape index (κ3) is 5.27. The van der Waals surface area contributed by atoms with E-state index in [0.717, 1.165) is 48.9 Å². The Morgan fingerprint density at radius 2 is 2.19 bits per heavy atom. The van der Waals surface area contributed by atoms with Crippen LogP contribution < -0.4 is 16.0 Å². The molecule has 0 aliphatic carbocycles. The number of nitrogens with zero attached hydrogens (tertiary/aromatic N) is 2. The molecule has 1 aromatic carbocycles. The summed E-state index contributed by atoms with van der Waals surface area (Å²) >= 11 is 0. The maximum Gasteiger partial charge on any atom is 0.407 e. The van der Waals surface area contributed by atoms with Crippen molar-refractivity contribution in [3.05, 3.63) is 36.3 Å². The van der Waals surface area contributed by atoms with Gasteiger partial charge in [0.15, 0.2) is 0 Å². The monoisotopic (exact) mass is 376 g/mol. The van der Waals surface area contributed by atoms with Gasteiger partial charge < -0.3 is 25.8 Å². The Bertz CT molecular complexity index is 779. The lowest BCUT2D eigenvalue weighted by molar-refractivity contribution is 0.0716. The maximum absolute atomic E-state index is 13.4. The van der Waals surface area contributed by atoms with Gasteiger partial charge in [-0.25, -0.2) is 14.2 Å². The Balaban J connectivity index is 1.48. The highest BCUT2D eigenvalue weighted by atomic mass is 19.1. The number of ether oxygens (including phenoxy) is 1. The number of nitrogens with two attached hydrogens (primary N) is 1. The molecule has 0 bridgehead atoms. The van der Waals surface area contributed by atoms with Gasteiger partial charge in [0.25, 0.3) is 0 Å². The van der Waals surface area contributed by atoms with Gasteiger partial charge in [-0.1, -0.05) is 0 Å². The average molecular weight is 376 g/mol. The van der Waals surface area contributed by atoms with Crippen molar-refractivity contribution in [1.29, 1.82) is 0 Å². The van der Waals surface area contributed by atoms with Crippen molar-refractivity contribution in [2.24, 2.45) is 11.7 Å². The number of carbonyl (C=O) groups excluding carboxylic acids is 1. The van der Waals surface area contributed by atoms with Gasteiger partial charge >= 0.3 is 6.09 Å². The molecule has 27 heavy (non-hydrogen) atoms. The number of aliphatic hydroxyl groups excluding tert-OH is 1. The van der Waals surface area contributed by atoms with Crippen molar-refractivity contribution < 1.29 is 19.0 Å². The van der Waals surface area contributed by atoms with Gasteiger partial charge in [-0.3, -0.25) is 0 Å². The molecule has 1 fully saturated rings. The first-order valence-corrected chi connectivity index (χ1v) is 9.16. The molecule has 1 saturated heterocycles. The van der Waals surface area contributed by atoms with Crippen LogP contribution in [0, 0.1) is 11.7 Å². The van der Waals surface area contributed by atoms with Crippen LogP contribution in [-0.2, 0) is 4.74 Å². The van der Waals surface area contributed by atoms with Gasteiger partial charge in [0.1, 0.15) is 24.5 Å². The lowest BCUT2D eigenvalue weighted by Gasteiger charge is -2.33. The molecule has 1 unspecified atom stereocenters. The predicted octanol–water partition coefficient (Wildman–Crippen LogP) is 1.98. The number of piperidine rings is 1. The van der Waals surface area contributed by atoms with Gasteiger partial charge in [0, 0.05) is 31.2 Å². The average Bonchev–Trinajstić information content (AvgIpc) is 2.66. The molecule has 7 nitrogen and oxygen atoms in total. The first kappa shape index (κ1) is 19.3. The van der Waals surface area contributed by atoms with E-state index in [4.69, 9.17) is 15.6 Å². The lowest BCUT2D eigenvalue weighted by Crippen LogP contribution is -2.36. The molecule has 3 rings (SSSR count). The van der Waals surface area contributed by atoms with E-state index in [1.807, 2.05) is 6.07 Å². The summed E-state index contributed by atoms with van der Waals surface area (Å²) in [6.07, 6.45) is 2.86. The number of anilines is 1. The number of aromatic nitrogens is 1. The Labute approximate surface area is 157 Å². The van der Waals surface area contributed by atoms with Crippen LogP contribution >= 0.6 is 0 Å². The van der Waals surface area contributed by atoms with Gasteiger partial charge in [-0.05, 0) is 54.8 Å². The van der Waals surface area contributed by atoms with Crippen LogP contribution in [0.4, 0.5) is 15.0 Å². The molecule has 0 radical (unpaired) electrons. The standard InChI is InChI=1S/C19H25FN4O3/c20-15-1-2-16-14(11-15)4-8-22-18(16)24-9-5-13(6-10-24)3-7-23-19(26)27-12-17(21)25/h1-2,4,8,11,13,17,25H,3,5-7,9-10,12,21H2,(H,23,26). The highest BCUT2D eigenvalue weighted by Gasteiger charge is 2.21. The first-order valence-electron chi connectivity index (χ1n) is 9.16. The number of fused-ring (bicyclic) bond motifs is 1. The zero-order chi connectivity index (χ0) is 19.2. The van der Waals surface area contributed by atoms with Crippen LogP contribution in [0.1, 0.15) is 19.3 Å². The van der Waals surface area contributed by atoms with Crippen molar-refractivity contribution in [2.45, 2.75) is 25.5 Å². The minimum Gasteiger partial charge on any atom is -0.445 e. The van der Waals surface area contributed by atoms with E-state index < -0.39 is 12.3 Å². The highest BCUT2D eigenvalue weighted by molar-refractivity contribution is 5.92. The first-order chi connectivity index (χ1) is 13.0. The second kappa shape index (κ2) is 8.96. The van der Waals surface area contributed by atoms with E-state index in [0.29, 0.717) is 12.5 Å². The van der Waals surface area contributed by atoms with Crippen LogP contribution in [0.2, 0.25) is 0 Å². The summed E-state index contributed by atoms with van der Waals surface area (Å²) in [6, 6.07) is 6.60. The number of amides is 1. The number of nitrogens with one attached hydrogen (secondary N) is 1. The largest absolute Gasteiger partial charge is 0.445 e. The zero-order valence-electron chi connectivity index (χ0n) is 15.1. The summed E-state index contributed by atoms with van der Waals surface area (Å²) < 4.78 is 18.2. The van der Waals surface area contributed by atoms with Crippen LogP contribution in [-0.4, -0.2) is 48.7 Å². The van der Waals surface area contributed by atoms with Crippen molar-refractivity contribution >= 4 is 22.7 Å². The van der Waals surface area contributed by atoms with E-state index in [1.165, 1.54) is 12.1 Å². The summed E-state index contributed by atoms with van der Waals surface area (Å²) in [5.74, 6) is 1.16. The number of carbonyl (C=O) groups is 1. The van der Waals surface area contributed by atoms with E-state index in [2.05, 4.69) is 15.2 Å². The molecule has 2 aromatic rings. The van der Waals surface area contributed by atoms with Crippen molar-refractivity contribution in [3.63, 3.8) is 0 Å². The third-order valence-corrected chi connectivity index (χ3v) is 4.83. The Kier molecular flexibility index (Phi) is 6.41. The Hall–Kier alpha value is -2.45. The molecular formula is C19H25FN4O3. The molecule has 1 amide bonds. The van der Waals surface area contributed by atoms with Crippen LogP contribution in [0.5, 0.6) is 0 Å². The fourth-order valence-electron chi connectivity index (χ4n) is 3.41. The predicted molar refractivity (Wildman–Crippen MR) is 101 cm³/mol. The molecule has 0 saturated carbocycles. The molecular weight excluding hydrogens is 351 g/mol. The zero-order valence-corrected chi connectivity index (χ0v) is 15.1. The molecule has 1 aliphatic rings. The number of alkyl carbamates (subject to hydrolysis) is 1.